The first kappa shape index (κ1) is 20.9. The maximum atomic E-state index is 12.1. The zero-order valence-corrected chi connectivity index (χ0v) is 15.1. The zero-order chi connectivity index (χ0) is 18.7. The molecular formula is C14H18N2O7S2. The average Bonchev–Trinajstić information content (AvgIpc) is 2.55. The molecule has 0 unspecified atom stereocenters. The van der Waals surface area contributed by atoms with Crippen molar-refractivity contribution in [3.63, 3.8) is 0 Å². The fourth-order valence-electron chi connectivity index (χ4n) is 1.65. The molecule has 0 spiro atoms. The molecule has 0 atom stereocenters. The summed E-state index contributed by atoms with van der Waals surface area (Å²) >= 11 is 0. The van der Waals surface area contributed by atoms with E-state index in [0.29, 0.717) is 11.4 Å². The van der Waals surface area contributed by atoms with Crippen LogP contribution in [0.2, 0.25) is 0 Å². The Hall–Kier alpha value is -2.14. The fraction of sp³-hybridized carbons (Fsp3) is 0.429. The Kier molecular flexibility index (Phi) is 9.55. The van der Waals surface area contributed by atoms with Crippen molar-refractivity contribution >= 4 is 39.2 Å². The fourth-order valence-corrected chi connectivity index (χ4v) is 2.67. The van der Waals surface area contributed by atoms with E-state index in [1.54, 1.807) is 21.6 Å². The number of benzene rings is 1. The highest BCUT2D eigenvalue weighted by molar-refractivity contribution is 8.76. The van der Waals surface area contributed by atoms with Crippen LogP contribution < -0.4 is 10.5 Å². The predicted octanol–water partition coefficient (Wildman–Crippen LogP) is 2.33. The van der Waals surface area contributed by atoms with E-state index in [0.717, 1.165) is 0 Å². The van der Waals surface area contributed by atoms with Crippen LogP contribution in [0.3, 0.4) is 0 Å². The summed E-state index contributed by atoms with van der Waals surface area (Å²) in [6.07, 6.45) is 1.91. The van der Waals surface area contributed by atoms with E-state index in [-0.39, 0.29) is 37.4 Å². The van der Waals surface area contributed by atoms with Gasteiger partial charge in [0.15, 0.2) is 0 Å². The Morgan fingerprint density at radius 1 is 1.32 bits per heavy atom. The average molecular weight is 390 g/mol. The van der Waals surface area contributed by atoms with Gasteiger partial charge in [-0.2, -0.15) is 0 Å². The largest absolute Gasteiger partial charge is 0.461 e. The Labute approximate surface area is 152 Å². The maximum Gasteiger partial charge on any atom is 0.341 e. The molecule has 0 fully saturated rings. The van der Waals surface area contributed by atoms with Gasteiger partial charge in [-0.3, -0.25) is 4.79 Å². The summed E-state index contributed by atoms with van der Waals surface area (Å²) < 4.78 is 10.2. The standard InChI is InChI=1S/C14H18N2O7S2/c1-24-25-8-7-21-14(18)11-5-4-10(15)9-12(11)23-13(17)3-2-6-22-16(19)20/h4-5,9H,2-3,6-8,15H2,1H3. The Balaban J connectivity index is 2.62. The lowest BCUT2D eigenvalue weighted by atomic mass is 10.2. The number of hydrogen-bond acceptors (Lipinski definition) is 10. The Morgan fingerprint density at radius 2 is 2.08 bits per heavy atom. The van der Waals surface area contributed by atoms with Gasteiger partial charge in [-0.15, -0.1) is 10.1 Å². The van der Waals surface area contributed by atoms with Crippen LogP contribution in [0.1, 0.15) is 23.2 Å². The minimum absolute atomic E-state index is 0.0114. The highest BCUT2D eigenvalue weighted by atomic mass is 33.1. The summed E-state index contributed by atoms with van der Waals surface area (Å²) in [6, 6.07) is 4.26. The summed E-state index contributed by atoms with van der Waals surface area (Å²) in [5, 5.41) is 9.08. The van der Waals surface area contributed by atoms with E-state index < -0.39 is 17.0 Å². The van der Waals surface area contributed by atoms with Crippen LogP contribution in [0.15, 0.2) is 18.2 Å². The molecule has 0 aliphatic rings. The first-order valence-corrected chi connectivity index (χ1v) is 9.87. The zero-order valence-electron chi connectivity index (χ0n) is 13.5. The minimum atomic E-state index is -0.938. The number of carbonyl (C=O) groups excluding carboxylic acids is 2. The van der Waals surface area contributed by atoms with Gasteiger partial charge in [0.25, 0.3) is 5.09 Å². The van der Waals surface area contributed by atoms with Gasteiger partial charge < -0.3 is 20.0 Å². The molecule has 0 heterocycles. The van der Waals surface area contributed by atoms with Crippen LogP contribution in [-0.4, -0.2) is 42.2 Å². The normalized spacial score (nSPS) is 10.1. The molecule has 0 amide bonds. The van der Waals surface area contributed by atoms with Gasteiger partial charge in [-0.25, -0.2) is 4.79 Å². The molecule has 0 radical (unpaired) electrons. The number of nitrogens with zero attached hydrogens (tertiary/aromatic N) is 1. The monoisotopic (exact) mass is 390 g/mol. The van der Waals surface area contributed by atoms with Crippen molar-refractivity contribution in [2.75, 3.05) is 31.0 Å². The molecule has 0 saturated carbocycles. The Bertz CT molecular complexity index is 613. The molecule has 25 heavy (non-hydrogen) atoms. The quantitative estimate of drug-likeness (QED) is 0.114. The highest BCUT2D eigenvalue weighted by Gasteiger charge is 2.17. The van der Waals surface area contributed by atoms with Crippen molar-refractivity contribution in [2.45, 2.75) is 12.8 Å². The molecule has 0 aliphatic carbocycles. The van der Waals surface area contributed by atoms with Gasteiger partial charge in [-0.05, 0) is 24.8 Å². The number of ether oxygens (including phenoxy) is 2. The molecule has 9 nitrogen and oxygen atoms in total. The second-order valence-corrected chi connectivity index (χ2v) is 7.20. The van der Waals surface area contributed by atoms with Gasteiger partial charge in [0, 0.05) is 23.9 Å². The van der Waals surface area contributed by atoms with Crippen molar-refractivity contribution in [1.82, 2.24) is 0 Å². The van der Waals surface area contributed by atoms with E-state index in [2.05, 4.69) is 4.84 Å². The molecule has 0 aliphatic heterocycles. The second kappa shape index (κ2) is 11.4. The SMILES string of the molecule is CSSCCOC(=O)c1ccc(N)cc1OC(=O)CCCO[N+](=O)[O-]. The van der Waals surface area contributed by atoms with Gasteiger partial charge in [0.05, 0.1) is 6.61 Å². The van der Waals surface area contributed by atoms with Crippen molar-refractivity contribution < 1.29 is 29.0 Å². The molecule has 2 N–H and O–H groups in total. The lowest BCUT2D eigenvalue weighted by Gasteiger charge is -2.11. The topological polar surface area (TPSA) is 131 Å². The first-order valence-electron chi connectivity index (χ1n) is 7.14. The van der Waals surface area contributed by atoms with E-state index in [4.69, 9.17) is 15.2 Å². The number of esters is 2. The molecule has 0 aromatic heterocycles. The molecule has 11 heteroatoms. The van der Waals surface area contributed by atoms with Crippen LogP contribution in [0, 0.1) is 10.1 Å². The summed E-state index contributed by atoms with van der Waals surface area (Å²) in [5.74, 6) is -0.665. The van der Waals surface area contributed by atoms with E-state index in [1.165, 1.54) is 18.2 Å². The number of rotatable bonds is 11. The Morgan fingerprint density at radius 3 is 2.76 bits per heavy atom. The van der Waals surface area contributed by atoms with E-state index >= 15 is 0 Å². The van der Waals surface area contributed by atoms with Crippen LogP contribution >= 0.6 is 21.6 Å². The number of nitrogens with two attached hydrogens (primary N) is 1. The summed E-state index contributed by atoms with van der Waals surface area (Å²) in [6.45, 7) is 0.00136. The summed E-state index contributed by atoms with van der Waals surface area (Å²) in [4.78, 5) is 38.0. The third-order valence-corrected chi connectivity index (χ3v) is 4.47. The van der Waals surface area contributed by atoms with E-state index in [1.807, 2.05) is 6.26 Å². The maximum absolute atomic E-state index is 12.1. The minimum Gasteiger partial charge on any atom is -0.461 e. The summed E-state index contributed by atoms with van der Waals surface area (Å²) in [7, 11) is 3.11. The molecule has 1 aromatic rings. The van der Waals surface area contributed by atoms with Crippen molar-refractivity contribution in [1.29, 1.82) is 0 Å². The summed E-state index contributed by atoms with van der Waals surface area (Å²) in [5.41, 5.74) is 6.05. The molecule has 1 aromatic carbocycles. The van der Waals surface area contributed by atoms with Gasteiger partial charge in [0.2, 0.25) is 0 Å². The number of carbonyl (C=O) groups is 2. The number of hydrogen-bond donors (Lipinski definition) is 1. The van der Waals surface area contributed by atoms with Crippen LogP contribution in [0.25, 0.3) is 0 Å². The third-order valence-electron chi connectivity index (χ3n) is 2.69. The lowest BCUT2D eigenvalue weighted by Crippen LogP contribution is -2.14. The predicted molar refractivity (Wildman–Crippen MR) is 94.9 cm³/mol. The highest BCUT2D eigenvalue weighted by Crippen LogP contribution is 2.24. The van der Waals surface area contributed by atoms with Crippen molar-refractivity contribution in [3.8, 4) is 5.75 Å². The van der Waals surface area contributed by atoms with Crippen LogP contribution in [0.4, 0.5) is 5.69 Å². The second-order valence-electron chi connectivity index (χ2n) is 4.51. The van der Waals surface area contributed by atoms with Gasteiger partial charge in [0.1, 0.15) is 17.9 Å². The van der Waals surface area contributed by atoms with Crippen molar-refractivity contribution in [2.24, 2.45) is 0 Å². The van der Waals surface area contributed by atoms with E-state index in [9.17, 15) is 19.7 Å². The van der Waals surface area contributed by atoms with Crippen LogP contribution in [-0.2, 0) is 14.4 Å². The van der Waals surface area contributed by atoms with Crippen molar-refractivity contribution in [3.05, 3.63) is 33.9 Å². The third kappa shape index (κ3) is 8.49. The molecular weight excluding hydrogens is 372 g/mol. The lowest BCUT2D eigenvalue weighted by molar-refractivity contribution is -0.757. The molecule has 0 bridgehead atoms. The first-order chi connectivity index (χ1) is 11.9. The molecule has 0 saturated heterocycles. The molecule has 1 rings (SSSR count). The number of anilines is 1. The van der Waals surface area contributed by atoms with Gasteiger partial charge in [-0.1, -0.05) is 21.6 Å². The van der Waals surface area contributed by atoms with Crippen LogP contribution in [0.5, 0.6) is 5.75 Å². The molecule has 138 valence electrons. The smallest absolute Gasteiger partial charge is 0.341 e. The van der Waals surface area contributed by atoms with Gasteiger partial charge >= 0.3 is 11.9 Å². The number of nitrogen functional groups attached to an aromatic ring is 1.